The smallest absolute Gasteiger partial charge is 0.319 e. The third-order valence-corrected chi connectivity index (χ3v) is 3.03. The largest absolute Gasteiger partial charge is 0.394 e. The first-order valence-corrected chi connectivity index (χ1v) is 5.77. The zero-order chi connectivity index (χ0) is 12.1. The topological polar surface area (TPSA) is 61.4 Å². The zero-order valence-electron chi connectivity index (χ0n) is 9.25. The van der Waals surface area contributed by atoms with Gasteiger partial charge in [0.05, 0.1) is 12.6 Å². The Balaban J connectivity index is 2.66. The highest BCUT2D eigenvalue weighted by atomic mass is 79.9. The van der Waals surface area contributed by atoms with Crippen molar-refractivity contribution in [2.75, 3.05) is 11.9 Å². The number of anilines is 1. The van der Waals surface area contributed by atoms with Crippen molar-refractivity contribution >= 4 is 27.6 Å². The molecule has 0 aliphatic carbocycles. The molecule has 0 spiro atoms. The van der Waals surface area contributed by atoms with Gasteiger partial charge in [-0.25, -0.2) is 4.79 Å². The maximum atomic E-state index is 11.5. The lowest BCUT2D eigenvalue weighted by Gasteiger charge is -2.13. The molecule has 0 aliphatic rings. The maximum absolute atomic E-state index is 11.5. The number of aliphatic hydroxyl groups excluding tert-OH is 1. The number of benzene rings is 1. The predicted molar refractivity (Wildman–Crippen MR) is 67.6 cm³/mol. The molecule has 0 unspecified atom stereocenters. The molecule has 0 radical (unpaired) electrons. The van der Waals surface area contributed by atoms with Gasteiger partial charge in [-0.2, -0.15) is 0 Å². The van der Waals surface area contributed by atoms with Gasteiger partial charge in [0.25, 0.3) is 0 Å². The SMILES string of the molecule is Cc1c(Br)cccc1NC(=O)N[C@@H](C)CO. The second-order valence-corrected chi connectivity index (χ2v) is 4.45. The summed E-state index contributed by atoms with van der Waals surface area (Å²) in [6.45, 7) is 3.56. The van der Waals surface area contributed by atoms with Crippen molar-refractivity contribution in [3.8, 4) is 0 Å². The average Bonchev–Trinajstić information content (AvgIpc) is 2.24. The van der Waals surface area contributed by atoms with Gasteiger partial charge in [-0.1, -0.05) is 22.0 Å². The average molecular weight is 287 g/mol. The first-order chi connectivity index (χ1) is 7.54. The number of carbonyl (C=O) groups excluding carboxylic acids is 1. The minimum absolute atomic E-state index is 0.0785. The molecule has 88 valence electrons. The van der Waals surface area contributed by atoms with Crippen molar-refractivity contribution in [2.45, 2.75) is 19.9 Å². The van der Waals surface area contributed by atoms with E-state index in [-0.39, 0.29) is 18.7 Å². The molecule has 0 saturated heterocycles. The van der Waals surface area contributed by atoms with Crippen LogP contribution in [0.15, 0.2) is 22.7 Å². The van der Waals surface area contributed by atoms with Crippen molar-refractivity contribution < 1.29 is 9.90 Å². The number of hydrogen-bond acceptors (Lipinski definition) is 2. The highest BCUT2D eigenvalue weighted by molar-refractivity contribution is 9.10. The Morgan fingerprint density at radius 1 is 1.56 bits per heavy atom. The minimum Gasteiger partial charge on any atom is -0.394 e. The van der Waals surface area contributed by atoms with Gasteiger partial charge in [0.1, 0.15) is 0 Å². The quantitative estimate of drug-likeness (QED) is 0.798. The molecule has 0 heterocycles. The monoisotopic (exact) mass is 286 g/mol. The molecule has 2 amide bonds. The van der Waals surface area contributed by atoms with E-state index in [2.05, 4.69) is 26.6 Å². The normalized spacial score (nSPS) is 12.0. The second kappa shape index (κ2) is 5.86. The maximum Gasteiger partial charge on any atom is 0.319 e. The molecular weight excluding hydrogens is 272 g/mol. The van der Waals surface area contributed by atoms with Gasteiger partial charge in [0, 0.05) is 10.2 Å². The lowest BCUT2D eigenvalue weighted by atomic mass is 10.2. The highest BCUT2D eigenvalue weighted by Crippen LogP contribution is 2.23. The Kier molecular flexibility index (Phi) is 4.76. The standard InChI is InChI=1S/C11H15BrN2O2/c1-7(6-15)13-11(16)14-10-5-3-4-9(12)8(10)2/h3-5,7,15H,6H2,1-2H3,(H2,13,14,16)/t7-/m0/s1. The molecule has 4 nitrogen and oxygen atoms in total. The van der Waals surface area contributed by atoms with Gasteiger partial charge >= 0.3 is 6.03 Å². The lowest BCUT2D eigenvalue weighted by Crippen LogP contribution is -2.38. The van der Waals surface area contributed by atoms with Crippen LogP contribution in [0.2, 0.25) is 0 Å². The van der Waals surface area contributed by atoms with Gasteiger partial charge in [-0.15, -0.1) is 0 Å². The van der Waals surface area contributed by atoms with E-state index in [9.17, 15) is 4.79 Å². The Bertz CT molecular complexity index is 382. The number of urea groups is 1. The molecule has 3 N–H and O–H groups in total. The Morgan fingerprint density at radius 2 is 2.25 bits per heavy atom. The van der Waals surface area contributed by atoms with Crippen LogP contribution in [0.4, 0.5) is 10.5 Å². The highest BCUT2D eigenvalue weighted by Gasteiger charge is 2.08. The molecule has 1 atom stereocenters. The lowest BCUT2D eigenvalue weighted by molar-refractivity contribution is 0.229. The van der Waals surface area contributed by atoms with Gasteiger partial charge < -0.3 is 15.7 Å². The zero-order valence-corrected chi connectivity index (χ0v) is 10.8. The summed E-state index contributed by atoms with van der Waals surface area (Å²) in [6.07, 6.45) is 0. The van der Waals surface area contributed by atoms with Crippen molar-refractivity contribution in [1.82, 2.24) is 5.32 Å². The summed E-state index contributed by atoms with van der Waals surface area (Å²) in [7, 11) is 0. The van der Waals surface area contributed by atoms with Crippen LogP contribution < -0.4 is 10.6 Å². The van der Waals surface area contributed by atoms with E-state index < -0.39 is 0 Å². The van der Waals surface area contributed by atoms with E-state index in [0.29, 0.717) is 0 Å². The molecular formula is C11H15BrN2O2. The summed E-state index contributed by atoms with van der Waals surface area (Å²) in [4.78, 5) is 11.5. The molecule has 0 saturated carbocycles. The molecule has 1 aromatic rings. The predicted octanol–water partition coefficient (Wildman–Crippen LogP) is 2.26. The molecule has 0 fully saturated rings. The van der Waals surface area contributed by atoms with Gasteiger partial charge in [0.2, 0.25) is 0 Å². The third-order valence-electron chi connectivity index (χ3n) is 2.17. The Morgan fingerprint density at radius 3 is 2.88 bits per heavy atom. The minimum atomic E-state index is -0.317. The van der Waals surface area contributed by atoms with Crippen LogP contribution in [0.25, 0.3) is 0 Å². The van der Waals surface area contributed by atoms with E-state index >= 15 is 0 Å². The first-order valence-electron chi connectivity index (χ1n) is 4.98. The molecule has 0 bridgehead atoms. The van der Waals surface area contributed by atoms with Crippen LogP contribution >= 0.6 is 15.9 Å². The Labute approximate surface area is 103 Å². The molecule has 1 rings (SSSR count). The van der Waals surface area contributed by atoms with E-state index in [0.717, 1.165) is 15.7 Å². The van der Waals surface area contributed by atoms with Crippen molar-refractivity contribution in [3.05, 3.63) is 28.2 Å². The fourth-order valence-electron chi connectivity index (χ4n) is 1.17. The number of rotatable bonds is 3. The summed E-state index contributed by atoms with van der Waals surface area (Å²) in [5, 5.41) is 14.1. The molecule has 0 aliphatic heterocycles. The molecule has 16 heavy (non-hydrogen) atoms. The van der Waals surface area contributed by atoms with Crippen molar-refractivity contribution in [2.24, 2.45) is 0 Å². The summed E-state index contributed by atoms with van der Waals surface area (Å²) in [6, 6.07) is 5.01. The van der Waals surface area contributed by atoms with E-state index in [4.69, 9.17) is 5.11 Å². The van der Waals surface area contributed by atoms with Crippen LogP contribution in [-0.2, 0) is 0 Å². The third kappa shape index (κ3) is 3.50. The number of nitrogens with one attached hydrogen (secondary N) is 2. The Hall–Kier alpha value is -1.07. The fraction of sp³-hybridized carbons (Fsp3) is 0.364. The van der Waals surface area contributed by atoms with Crippen molar-refractivity contribution in [3.63, 3.8) is 0 Å². The van der Waals surface area contributed by atoms with Crippen LogP contribution in [0.5, 0.6) is 0 Å². The molecule has 5 heteroatoms. The molecule has 0 aromatic heterocycles. The summed E-state index contributed by atoms with van der Waals surface area (Å²) in [5.41, 5.74) is 1.71. The van der Waals surface area contributed by atoms with Crippen LogP contribution in [0, 0.1) is 6.92 Å². The number of hydrogen-bond donors (Lipinski definition) is 3. The number of halogens is 1. The number of amides is 2. The summed E-state index contributed by atoms with van der Waals surface area (Å²) in [5.74, 6) is 0. The van der Waals surface area contributed by atoms with Crippen LogP contribution in [0.1, 0.15) is 12.5 Å². The van der Waals surface area contributed by atoms with Gasteiger partial charge in [0.15, 0.2) is 0 Å². The second-order valence-electron chi connectivity index (χ2n) is 3.59. The van der Waals surface area contributed by atoms with E-state index in [1.165, 1.54) is 0 Å². The number of carbonyl (C=O) groups is 1. The van der Waals surface area contributed by atoms with Crippen LogP contribution in [0.3, 0.4) is 0 Å². The van der Waals surface area contributed by atoms with Gasteiger partial charge in [-0.3, -0.25) is 0 Å². The summed E-state index contributed by atoms with van der Waals surface area (Å²) < 4.78 is 0.945. The van der Waals surface area contributed by atoms with Crippen molar-refractivity contribution in [1.29, 1.82) is 0 Å². The first kappa shape index (κ1) is 13.0. The van der Waals surface area contributed by atoms with E-state index in [1.54, 1.807) is 6.92 Å². The van der Waals surface area contributed by atoms with Gasteiger partial charge in [-0.05, 0) is 31.5 Å². The molecule has 1 aromatic carbocycles. The fourth-order valence-corrected chi connectivity index (χ4v) is 1.54. The van der Waals surface area contributed by atoms with Crippen LogP contribution in [-0.4, -0.2) is 23.8 Å². The number of aliphatic hydroxyl groups is 1. The summed E-state index contributed by atoms with van der Waals surface area (Å²) >= 11 is 3.39. The van der Waals surface area contributed by atoms with E-state index in [1.807, 2.05) is 25.1 Å².